The number of hydrogen-bond acceptors (Lipinski definition) is 7. The maximum absolute atomic E-state index is 9.39. The van der Waals surface area contributed by atoms with Gasteiger partial charge in [0.15, 0.2) is 0 Å². The molecule has 3 heterocycles. The Morgan fingerprint density at radius 1 is 1.24 bits per heavy atom. The topological polar surface area (TPSA) is 83.3 Å². The van der Waals surface area contributed by atoms with E-state index < -0.39 is 0 Å². The largest absolute Gasteiger partial charge is 0.481 e. The second kappa shape index (κ2) is 8.33. The third-order valence-electron chi connectivity index (χ3n) is 5.01. The average Bonchev–Trinajstić information content (AvgIpc) is 2.77. The van der Waals surface area contributed by atoms with Gasteiger partial charge in [0.25, 0.3) is 0 Å². The van der Waals surface area contributed by atoms with Crippen LogP contribution in [0.4, 0.5) is 11.4 Å². The van der Waals surface area contributed by atoms with Crippen molar-refractivity contribution in [2.24, 2.45) is 0 Å². The highest BCUT2D eigenvalue weighted by Gasteiger charge is 2.26. The van der Waals surface area contributed by atoms with Crippen LogP contribution in [0, 0.1) is 11.3 Å². The zero-order valence-corrected chi connectivity index (χ0v) is 16.5. The Morgan fingerprint density at radius 2 is 2.14 bits per heavy atom. The van der Waals surface area contributed by atoms with E-state index in [9.17, 15) is 5.26 Å². The monoisotopic (exact) mass is 389 g/mol. The van der Waals surface area contributed by atoms with Crippen molar-refractivity contribution in [2.45, 2.75) is 19.1 Å². The molecule has 148 valence electrons. The van der Waals surface area contributed by atoms with Crippen molar-refractivity contribution >= 4 is 22.3 Å². The van der Waals surface area contributed by atoms with E-state index in [-0.39, 0.29) is 12.2 Å². The lowest BCUT2D eigenvalue weighted by Gasteiger charge is -2.39. The molecule has 7 nitrogen and oxygen atoms in total. The highest BCUT2D eigenvalue weighted by molar-refractivity contribution is 5.95. The van der Waals surface area contributed by atoms with Crippen LogP contribution < -0.4 is 15.0 Å². The smallest absolute Gasteiger partial charge is 0.213 e. The molecule has 1 aromatic carbocycles. The zero-order chi connectivity index (χ0) is 20.2. The van der Waals surface area contributed by atoms with Crippen LogP contribution in [-0.2, 0) is 4.74 Å². The van der Waals surface area contributed by atoms with Crippen LogP contribution in [0.15, 0.2) is 48.8 Å². The number of hydrogen-bond donors (Lipinski definition) is 1. The van der Waals surface area contributed by atoms with Gasteiger partial charge in [0.1, 0.15) is 6.07 Å². The number of aromatic nitrogens is 2. The predicted molar refractivity (Wildman–Crippen MR) is 112 cm³/mol. The molecule has 2 atom stereocenters. The molecule has 4 rings (SSSR count). The standard InChI is InChI=1S/C22H23N5O2/c1-15-13-27(20-7-5-16(10-23)22-19(20)4-3-9-24-22)14-18(29-15)12-25-17-6-8-21(28-2)26-11-17/h3-9,11,15,18,25H,12-14H2,1-2H3/t15-,18+/m1/s1. The second-order valence-electron chi connectivity index (χ2n) is 7.09. The summed E-state index contributed by atoms with van der Waals surface area (Å²) in [7, 11) is 1.60. The molecule has 1 saturated heterocycles. The van der Waals surface area contributed by atoms with Crippen molar-refractivity contribution in [3.05, 3.63) is 54.4 Å². The quantitative estimate of drug-likeness (QED) is 0.717. The molecule has 3 aromatic rings. The Hall–Kier alpha value is -3.37. The number of nitrogens with zero attached hydrogens (tertiary/aromatic N) is 4. The molecule has 29 heavy (non-hydrogen) atoms. The van der Waals surface area contributed by atoms with Gasteiger partial charge in [-0.3, -0.25) is 4.98 Å². The van der Waals surface area contributed by atoms with Crippen molar-refractivity contribution in [1.29, 1.82) is 5.26 Å². The van der Waals surface area contributed by atoms with Crippen LogP contribution in [-0.4, -0.2) is 48.9 Å². The van der Waals surface area contributed by atoms with Gasteiger partial charge in [-0.2, -0.15) is 5.26 Å². The highest BCUT2D eigenvalue weighted by atomic mass is 16.5. The molecule has 1 aliphatic rings. The molecular weight excluding hydrogens is 366 g/mol. The Morgan fingerprint density at radius 3 is 2.90 bits per heavy atom. The van der Waals surface area contributed by atoms with Gasteiger partial charge in [0.05, 0.1) is 42.3 Å². The van der Waals surface area contributed by atoms with Crippen LogP contribution >= 0.6 is 0 Å². The van der Waals surface area contributed by atoms with Crippen molar-refractivity contribution in [3.63, 3.8) is 0 Å². The number of anilines is 2. The van der Waals surface area contributed by atoms with Gasteiger partial charge in [-0.15, -0.1) is 0 Å². The van der Waals surface area contributed by atoms with E-state index in [1.807, 2.05) is 36.4 Å². The fourth-order valence-electron chi connectivity index (χ4n) is 3.72. The maximum atomic E-state index is 9.39. The van der Waals surface area contributed by atoms with E-state index in [4.69, 9.17) is 9.47 Å². The third-order valence-corrected chi connectivity index (χ3v) is 5.01. The SMILES string of the molecule is COc1ccc(NC[C@H]2CN(c3ccc(C#N)c4ncccc34)C[C@@H](C)O2)cn1. The fraction of sp³-hybridized carbons (Fsp3) is 0.318. The van der Waals surface area contributed by atoms with Crippen molar-refractivity contribution in [3.8, 4) is 11.9 Å². The summed E-state index contributed by atoms with van der Waals surface area (Å²) >= 11 is 0. The minimum Gasteiger partial charge on any atom is -0.481 e. The first kappa shape index (κ1) is 19.0. The Labute approximate surface area is 169 Å². The minimum atomic E-state index is 0.0169. The molecular formula is C22H23N5O2. The molecule has 2 aromatic heterocycles. The lowest BCUT2D eigenvalue weighted by molar-refractivity contribution is -0.00820. The first-order valence-electron chi connectivity index (χ1n) is 9.60. The Kier molecular flexibility index (Phi) is 5.45. The van der Waals surface area contributed by atoms with Gasteiger partial charge in [0, 0.05) is 43.0 Å². The van der Waals surface area contributed by atoms with E-state index >= 15 is 0 Å². The first-order valence-corrected chi connectivity index (χ1v) is 9.60. The molecule has 1 N–H and O–H groups in total. The predicted octanol–water partition coefficient (Wildman–Crippen LogP) is 3.22. The number of benzene rings is 1. The number of nitrogens with one attached hydrogen (secondary N) is 1. The molecule has 7 heteroatoms. The summed E-state index contributed by atoms with van der Waals surface area (Å²) in [6.07, 6.45) is 3.59. The Balaban J connectivity index is 1.52. The highest BCUT2D eigenvalue weighted by Crippen LogP contribution is 2.30. The van der Waals surface area contributed by atoms with Crippen molar-refractivity contribution in [1.82, 2.24) is 9.97 Å². The van der Waals surface area contributed by atoms with Crippen LogP contribution in [0.5, 0.6) is 5.88 Å². The van der Waals surface area contributed by atoms with Crippen LogP contribution in [0.3, 0.4) is 0 Å². The average molecular weight is 389 g/mol. The van der Waals surface area contributed by atoms with Crippen LogP contribution in [0.1, 0.15) is 12.5 Å². The van der Waals surface area contributed by atoms with Crippen molar-refractivity contribution < 1.29 is 9.47 Å². The Bertz CT molecular complexity index is 1030. The van der Waals surface area contributed by atoms with Crippen molar-refractivity contribution in [2.75, 3.05) is 37.0 Å². The molecule has 0 radical (unpaired) electrons. The van der Waals surface area contributed by atoms with E-state index in [1.54, 1.807) is 19.5 Å². The number of fused-ring (bicyclic) bond motifs is 1. The second-order valence-corrected chi connectivity index (χ2v) is 7.09. The number of nitriles is 1. The third kappa shape index (κ3) is 4.08. The molecule has 0 bridgehead atoms. The van der Waals surface area contributed by atoms with Gasteiger partial charge in [-0.1, -0.05) is 0 Å². The van der Waals surface area contributed by atoms with Crippen LogP contribution in [0.2, 0.25) is 0 Å². The molecule has 0 amide bonds. The summed E-state index contributed by atoms with van der Waals surface area (Å²) in [5.41, 5.74) is 3.34. The van der Waals surface area contributed by atoms with Gasteiger partial charge >= 0.3 is 0 Å². The maximum Gasteiger partial charge on any atom is 0.213 e. The number of morpholine rings is 1. The van der Waals surface area contributed by atoms with Gasteiger partial charge < -0.3 is 19.7 Å². The number of ether oxygens (including phenoxy) is 2. The summed E-state index contributed by atoms with van der Waals surface area (Å²) in [4.78, 5) is 11.0. The summed E-state index contributed by atoms with van der Waals surface area (Å²) in [5.74, 6) is 0.588. The van der Waals surface area contributed by atoms with Gasteiger partial charge in [-0.05, 0) is 37.3 Å². The molecule has 1 fully saturated rings. The summed E-state index contributed by atoms with van der Waals surface area (Å²) in [6, 6.07) is 13.8. The molecule has 1 aliphatic heterocycles. The first-order chi connectivity index (χ1) is 14.2. The van der Waals surface area contributed by atoms with E-state index in [0.717, 1.165) is 35.4 Å². The molecule has 0 spiro atoms. The van der Waals surface area contributed by atoms with Gasteiger partial charge in [-0.25, -0.2) is 4.98 Å². The number of methoxy groups -OCH3 is 1. The van der Waals surface area contributed by atoms with E-state index in [2.05, 4.69) is 33.2 Å². The summed E-state index contributed by atoms with van der Waals surface area (Å²) in [5, 5.41) is 13.8. The lowest BCUT2D eigenvalue weighted by atomic mass is 10.1. The van der Waals surface area contributed by atoms with Crippen LogP contribution in [0.25, 0.3) is 10.9 Å². The lowest BCUT2D eigenvalue weighted by Crippen LogP contribution is -2.49. The number of pyridine rings is 2. The normalized spacial score (nSPS) is 19.0. The molecule has 0 unspecified atom stereocenters. The van der Waals surface area contributed by atoms with E-state index in [0.29, 0.717) is 18.0 Å². The molecule has 0 saturated carbocycles. The zero-order valence-electron chi connectivity index (χ0n) is 16.5. The summed E-state index contributed by atoms with van der Waals surface area (Å²) < 4.78 is 11.2. The van der Waals surface area contributed by atoms with E-state index in [1.165, 1.54) is 0 Å². The van der Waals surface area contributed by atoms with Gasteiger partial charge in [0.2, 0.25) is 5.88 Å². The summed E-state index contributed by atoms with van der Waals surface area (Å²) in [6.45, 7) is 4.28. The fourth-order valence-corrected chi connectivity index (χ4v) is 3.72. The number of rotatable bonds is 5. The molecule has 0 aliphatic carbocycles. The minimum absolute atomic E-state index is 0.0169.